The quantitative estimate of drug-likeness (QED) is 0.898. The van der Waals surface area contributed by atoms with E-state index >= 15 is 0 Å². The molecule has 6 heteroatoms. The van der Waals surface area contributed by atoms with Gasteiger partial charge in [-0.3, -0.25) is 4.79 Å². The maximum absolute atomic E-state index is 12.7. The number of fused-ring (bicyclic) bond motifs is 1. The standard InChI is InChI=1S/C20H21N3O2.ClH/c21-20-22-16(13-25-20)8-5-14-6-9-17(10-7-14)23-12-11-15-3-1-2-4-18(15)19(23)24;/h1-4,6-7,9-10,16H,5,8,11-13H2,(H2,21,22);1H/t16-;/m0./s1. The van der Waals surface area contributed by atoms with Crippen LogP contribution in [0.15, 0.2) is 53.5 Å². The van der Waals surface area contributed by atoms with Gasteiger partial charge in [-0.15, -0.1) is 12.4 Å². The molecule has 5 nitrogen and oxygen atoms in total. The van der Waals surface area contributed by atoms with Gasteiger partial charge in [-0.05, 0) is 48.6 Å². The number of halogens is 1. The van der Waals surface area contributed by atoms with Crippen LogP contribution in [0.2, 0.25) is 0 Å². The molecule has 4 rings (SSSR count). The van der Waals surface area contributed by atoms with Crippen molar-refractivity contribution in [1.29, 1.82) is 0 Å². The molecule has 136 valence electrons. The Morgan fingerprint density at radius 3 is 2.65 bits per heavy atom. The van der Waals surface area contributed by atoms with Crippen molar-refractivity contribution in [3.05, 3.63) is 65.2 Å². The van der Waals surface area contributed by atoms with Gasteiger partial charge >= 0.3 is 0 Å². The second-order valence-electron chi connectivity index (χ2n) is 6.50. The summed E-state index contributed by atoms with van der Waals surface area (Å²) in [4.78, 5) is 18.8. The zero-order chi connectivity index (χ0) is 17.2. The number of hydrogen-bond acceptors (Lipinski definition) is 4. The van der Waals surface area contributed by atoms with Gasteiger partial charge in [0.15, 0.2) is 0 Å². The average Bonchev–Trinajstić information content (AvgIpc) is 3.06. The summed E-state index contributed by atoms with van der Waals surface area (Å²) in [6.45, 7) is 1.30. The maximum atomic E-state index is 12.7. The number of amides is 1. The van der Waals surface area contributed by atoms with Crippen LogP contribution >= 0.6 is 12.4 Å². The molecule has 0 saturated heterocycles. The van der Waals surface area contributed by atoms with Crippen LogP contribution in [0.4, 0.5) is 5.69 Å². The zero-order valence-electron chi connectivity index (χ0n) is 14.4. The summed E-state index contributed by atoms with van der Waals surface area (Å²) in [5.74, 6) is 0.0857. The SMILES string of the molecule is Cl.NC1=N[C@@H](CCc2ccc(N3CCc4ccccc4C3=O)cc2)CO1. The Morgan fingerprint density at radius 2 is 1.92 bits per heavy atom. The van der Waals surface area contributed by atoms with E-state index in [1.165, 1.54) is 5.56 Å². The van der Waals surface area contributed by atoms with Crippen LogP contribution in [0, 0.1) is 0 Å². The Morgan fingerprint density at radius 1 is 1.15 bits per heavy atom. The number of aryl methyl sites for hydroxylation is 1. The summed E-state index contributed by atoms with van der Waals surface area (Å²) in [5, 5.41) is 0. The second kappa shape index (κ2) is 7.79. The van der Waals surface area contributed by atoms with Crippen molar-refractivity contribution in [3.8, 4) is 0 Å². The van der Waals surface area contributed by atoms with Gasteiger partial charge in [0.2, 0.25) is 0 Å². The number of amidine groups is 1. The maximum Gasteiger partial charge on any atom is 0.282 e. The first kappa shape index (κ1) is 18.3. The van der Waals surface area contributed by atoms with Crippen LogP contribution in [0.5, 0.6) is 0 Å². The average molecular weight is 372 g/mol. The number of carbonyl (C=O) groups is 1. The molecule has 0 saturated carbocycles. The number of carbonyl (C=O) groups excluding carboxylic acids is 1. The first-order valence-electron chi connectivity index (χ1n) is 8.65. The van der Waals surface area contributed by atoms with Crippen molar-refractivity contribution in [2.45, 2.75) is 25.3 Å². The van der Waals surface area contributed by atoms with E-state index in [2.05, 4.69) is 17.1 Å². The number of anilines is 1. The first-order valence-corrected chi connectivity index (χ1v) is 8.65. The number of nitrogens with two attached hydrogens (primary N) is 1. The second-order valence-corrected chi connectivity index (χ2v) is 6.50. The lowest BCUT2D eigenvalue weighted by Crippen LogP contribution is -2.37. The number of nitrogens with zero attached hydrogens (tertiary/aromatic N) is 2. The number of rotatable bonds is 4. The van der Waals surface area contributed by atoms with E-state index < -0.39 is 0 Å². The summed E-state index contributed by atoms with van der Waals surface area (Å²) in [5.41, 5.74) is 9.67. The Kier molecular flexibility index (Phi) is 5.47. The Hall–Kier alpha value is -2.53. The molecule has 0 spiro atoms. The summed E-state index contributed by atoms with van der Waals surface area (Å²) < 4.78 is 5.18. The Bertz CT molecular complexity index is 820. The molecule has 1 atom stereocenters. The molecule has 2 aliphatic heterocycles. The van der Waals surface area contributed by atoms with Crippen molar-refractivity contribution < 1.29 is 9.53 Å². The van der Waals surface area contributed by atoms with E-state index in [0.717, 1.165) is 42.6 Å². The summed E-state index contributed by atoms with van der Waals surface area (Å²) in [6.07, 6.45) is 2.72. The van der Waals surface area contributed by atoms with Crippen LogP contribution in [-0.4, -0.2) is 31.1 Å². The monoisotopic (exact) mass is 371 g/mol. The molecule has 2 aromatic carbocycles. The summed E-state index contributed by atoms with van der Waals surface area (Å²) in [7, 11) is 0. The third kappa shape index (κ3) is 3.68. The van der Waals surface area contributed by atoms with Crippen LogP contribution in [0.25, 0.3) is 0 Å². The molecule has 26 heavy (non-hydrogen) atoms. The van der Waals surface area contributed by atoms with Crippen molar-refractivity contribution in [2.75, 3.05) is 18.1 Å². The van der Waals surface area contributed by atoms with Gasteiger partial charge in [0.1, 0.15) is 6.61 Å². The van der Waals surface area contributed by atoms with E-state index in [9.17, 15) is 4.79 Å². The largest absolute Gasteiger partial charge is 0.463 e. The van der Waals surface area contributed by atoms with Gasteiger partial charge in [-0.2, -0.15) is 0 Å². The molecule has 0 aliphatic carbocycles. The van der Waals surface area contributed by atoms with Crippen LogP contribution in [-0.2, 0) is 17.6 Å². The normalized spacial score (nSPS) is 18.6. The van der Waals surface area contributed by atoms with Gasteiger partial charge in [0.05, 0.1) is 6.04 Å². The van der Waals surface area contributed by atoms with E-state index in [1.807, 2.05) is 41.3 Å². The number of hydrogen-bond donors (Lipinski definition) is 1. The molecule has 0 aromatic heterocycles. The number of ether oxygens (including phenoxy) is 1. The fourth-order valence-electron chi connectivity index (χ4n) is 3.43. The Balaban J connectivity index is 0.00000196. The van der Waals surface area contributed by atoms with Crippen LogP contribution in [0.3, 0.4) is 0 Å². The molecule has 2 N–H and O–H groups in total. The minimum atomic E-state index is 0. The third-order valence-corrected chi connectivity index (χ3v) is 4.85. The van der Waals surface area contributed by atoms with E-state index in [1.54, 1.807) is 0 Å². The molecule has 1 amide bonds. The van der Waals surface area contributed by atoms with Crippen LogP contribution in [0.1, 0.15) is 27.9 Å². The highest BCUT2D eigenvalue weighted by Crippen LogP contribution is 2.25. The first-order chi connectivity index (χ1) is 12.2. The van der Waals surface area contributed by atoms with Crippen molar-refractivity contribution in [2.24, 2.45) is 10.7 Å². The van der Waals surface area contributed by atoms with Gasteiger partial charge in [-0.1, -0.05) is 30.3 Å². The molecule has 0 bridgehead atoms. The fraction of sp³-hybridized carbons (Fsp3) is 0.300. The van der Waals surface area contributed by atoms with E-state index in [0.29, 0.717) is 12.6 Å². The van der Waals surface area contributed by atoms with Gasteiger partial charge in [0.25, 0.3) is 11.9 Å². The lowest BCUT2D eigenvalue weighted by Gasteiger charge is -2.28. The lowest BCUT2D eigenvalue weighted by atomic mass is 9.98. The third-order valence-electron chi connectivity index (χ3n) is 4.85. The molecule has 2 heterocycles. The van der Waals surface area contributed by atoms with Crippen molar-refractivity contribution >= 4 is 30.0 Å². The molecular weight excluding hydrogens is 350 g/mol. The zero-order valence-corrected chi connectivity index (χ0v) is 15.2. The van der Waals surface area contributed by atoms with Gasteiger partial charge in [-0.25, -0.2) is 4.99 Å². The van der Waals surface area contributed by atoms with Crippen molar-refractivity contribution in [3.63, 3.8) is 0 Å². The van der Waals surface area contributed by atoms with Gasteiger partial charge < -0.3 is 15.4 Å². The van der Waals surface area contributed by atoms with E-state index in [4.69, 9.17) is 10.5 Å². The fourth-order valence-corrected chi connectivity index (χ4v) is 3.43. The molecular formula is C20H22ClN3O2. The highest BCUT2D eigenvalue weighted by molar-refractivity contribution is 6.08. The minimum absolute atomic E-state index is 0. The Labute approximate surface area is 159 Å². The van der Waals surface area contributed by atoms with Gasteiger partial charge in [0, 0.05) is 17.8 Å². The van der Waals surface area contributed by atoms with Crippen molar-refractivity contribution in [1.82, 2.24) is 0 Å². The molecule has 0 radical (unpaired) electrons. The highest BCUT2D eigenvalue weighted by Gasteiger charge is 2.24. The minimum Gasteiger partial charge on any atom is -0.463 e. The smallest absolute Gasteiger partial charge is 0.282 e. The molecule has 0 unspecified atom stereocenters. The predicted molar refractivity (Wildman–Crippen MR) is 105 cm³/mol. The van der Waals surface area contributed by atoms with E-state index in [-0.39, 0.29) is 24.4 Å². The summed E-state index contributed by atoms with van der Waals surface area (Å²) in [6, 6.07) is 16.5. The topological polar surface area (TPSA) is 67.9 Å². The summed E-state index contributed by atoms with van der Waals surface area (Å²) >= 11 is 0. The molecule has 2 aromatic rings. The number of benzene rings is 2. The number of aliphatic imine (C=N–C) groups is 1. The lowest BCUT2D eigenvalue weighted by molar-refractivity contribution is 0.0980. The molecule has 2 aliphatic rings. The molecule has 0 fully saturated rings. The highest BCUT2D eigenvalue weighted by atomic mass is 35.5. The predicted octanol–water partition coefficient (Wildman–Crippen LogP) is 2.96. The van der Waals surface area contributed by atoms with Crippen LogP contribution < -0.4 is 10.6 Å².